The predicted octanol–water partition coefficient (Wildman–Crippen LogP) is 1.66. The Morgan fingerprint density at radius 1 is 0.750 bits per heavy atom. The van der Waals surface area contributed by atoms with Crippen molar-refractivity contribution in [2.75, 3.05) is 0 Å². The van der Waals surface area contributed by atoms with Gasteiger partial charge in [-0.15, -0.1) is 0 Å². The van der Waals surface area contributed by atoms with Crippen molar-refractivity contribution >= 4 is 5.78 Å². The molecule has 0 aromatic carbocycles. The standard InChI is InChI=1S/C13N6O/c1-17-7(4-14)10-11(8(5-15)18-2)13(20)12(10)9(6-16)19-3/b11-8+,12-9+. The Hall–Kier alpha value is -4.17. The average molecular weight is 256 g/mol. The van der Waals surface area contributed by atoms with Crippen molar-refractivity contribution in [3.05, 3.63) is 68.1 Å². The van der Waals surface area contributed by atoms with Crippen molar-refractivity contribution in [2.24, 2.45) is 0 Å². The molecule has 1 aliphatic carbocycles. The number of nitriles is 3. The molecular weight excluding hydrogens is 256 g/mol. The van der Waals surface area contributed by atoms with Crippen LogP contribution in [-0.2, 0) is 4.79 Å². The molecule has 0 radical (unpaired) electrons. The van der Waals surface area contributed by atoms with Crippen LogP contribution in [0.3, 0.4) is 0 Å². The predicted molar refractivity (Wildman–Crippen MR) is 62.7 cm³/mol. The third-order valence-electron chi connectivity index (χ3n) is 2.32. The number of allylic oxidation sites excluding steroid dienone is 6. The number of Topliss-reactive ketones (excluding diaryl/α,β-unsaturated/α-hetero) is 1. The number of ketones is 1. The Kier molecular flexibility index (Phi) is 3.78. The lowest BCUT2D eigenvalue weighted by Gasteiger charge is -2.25. The van der Waals surface area contributed by atoms with Crippen LogP contribution in [0, 0.1) is 53.7 Å². The van der Waals surface area contributed by atoms with Gasteiger partial charge in [0.15, 0.2) is 5.78 Å². The van der Waals surface area contributed by atoms with E-state index in [0.717, 1.165) is 0 Å². The molecule has 1 aliphatic rings. The molecule has 20 heavy (non-hydrogen) atoms. The highest BCUT2D eigenvalue weighted by molar-refractivity contribution is 6.27. The van der Waals surface area contributed by atoms with E-state index in [1.807, 2.05) is 0 Å². The minimum atomic E-state index is -0.850. The van der Waals surface area contributed by atoms with Crippen LogP contribution in [0.1, 0.15) is 0 Å². The molecule has 0 N–H and O–H groups in total. The normalized spacial score (nSPS) is 16.9. The molecular formula is C13N6O. The van der Waals surface area contributed by atoms with E-state index in [9.17, 15) is 4.79 Å². The summed E-state index contributed by atoms with van der Waals surface area (Å²) in [7, 11) is 0. The summed E-state index contributed by atoms with van der Waals surface area (Å²) in [4.78, 5) is 20.5. The maximum Gasteiger partial charge on any atom is 0.272 e. The Bertz CT molecular complexity index is 770. The molecule has 1 fully saturated rings. The summed E-state index contributed by atoms with van der Waals surface area (Å²) in [6.45, 7) is 20.4. The maximum absolute atomic E-state index is 11.9. The first-order valence-corrected chi connectivity index (χ1v) is 4.72. The summed E-state index contributed by atoms with van der Waals surface area (Å²) in [5.41, 5.74) is -2.74. The van der Waals surface area contributed by atoms with Crippen LogP contribution in [-0.4, -0.2) is 5.78 Å². The van der Waals surface area contributed by atoms with E-state index in [1.165, 1.54) is 18.2 Å². The van der Waals surface area contributed by atoms with Crippen molar-refractivity contribution < 1.29 is 4.79 Å². The van der Waals surface area contributed by atoms with Crippen molar-refractivity contribution in [1.82, 2.24) is 0 Å². The Morgan fingerprint density at radius 2 is 1.05 bits per heavy atom. The summed E-state index contributed by atoms with van der Waals surface area (Å²) >= 11 is 0. The van der Waals surface area contributed by atoms with E-state index in [2.05, 4.69) is 14.5 Å². The monoisotopic (exact) mass is 256 g/mol. The van der Waals surface area contributed by atoms with Gasteiger partial charge in [-0.25, -0.2) is 30.3 Å². The number of carbonyl (C=O) groups excluding carboxylic acids is 1. The van der Waals surface area contributed by atoms with E-state index in [1.54, 1.807) is 0 Å². The van der Waals surface area contributed by atoms with Gasteiger partial charge in [0.05, 0.1) is 37.9 Å². The van der Waals surface area contributed by atoms with Crippen LogP contribution in [0.2, 0.25) is 0 Å². The smallest absolute Gasteiger partial charge is 0.272 e. The zero-order valence-corrected chi connectivity index (χ0v) is 9.59. The van der Waals surface area contributed by atoms with Gasteiger partial charge in [-0.05, 0) is 5.57 Å². The largest absolute Gasteiger partial charge is 0.292 e. The number of rotatable bonds is 0. The second-order valence-corrected chi connectivity index (χ2v) is 3.17. The van der Waals surface area contributed by atoms with Gasteiger partial charge in [-0.2, -0.15) is 0 Å². The summed E-state index contributed by atoms with van der Waals surface area (Å²) in [6.07, 6.45) is 0. The molecule has 0 unspecified atom stereocenters. The van der Waals surface area contributed by atoms with Crippen molar-refractivity contribution in [1.29, 1.82) is 15.8 Å². The highest BCUT2D eigenvalue weighted by atomic mass is 16.1. The molecule has 0 amide bonds. The van der Waals surface area contributed by atoms with Gasteiger partial charge in [0.2, 0.25) is 0 Å². The molecule has 0 spiro atoms. The molecule has 0 aromatic rings. The van der Waals surface area contributed by atoms with E-state index in [0.29, 0.717) is 0 Å². The first-order valence-electron chi connectivity index (χ1n) is 4.72. The highest BCUT2D eigenvalue weighted by Crippen LogP contribution is 2.42. The highest BCUT2D eigenvalue weighted by Gasteiger charge is 2.41. The van der Waals surface area contributed by atoms with E-state index in [4.69, 9.17) is 35.5 Å². The Labute approximate surface area is 113 Å². The molecule has 7 heteroatoms. The minimum Gasteiger partial charge on any atom is -0.292 e. The zero-order chi connectivity index (χ0) is 15.3. The van der Waals surface area contributed by atoms with Crippen LogP contribution >= 0.6 is 0 Å². The molecule has 0 aromatic heterocycles. The fourth-order valence-electron chi connectivity index (χ4n) is 1.51. The number of hydrogen-bond acceptors (Lipinski definition) is 4. The average Bonchev–Trinajstić information content (AvgIpc) is 2.49. The van der Waals surface area contributed by atoms with Crippen LogP contribution in [0.25, 0.3) is 14.5 Å². The summed E-state index contributed by atoms with van der Waals surface area (Å²) in [6, 6.07) is 4.50. The van der Waals surface area contributed by atoms with Gasteiger partial charge in [0.1, 0.15) is 0 Å². The van der Waals surface area contributed by atoms with Crippen LogP contribution in [0.4, 0.5) is 0 Å². The molecule has 0 bridgehead atoms. The number of hydrogen-bond donors (Lipinski definition) is 0. The number of nitrogens with zero attached hydrogens (tertiary/aromatic N) is 6. The van der Waals surface area contributed by atoms with Gasteiger partial charge in [0.25, 0.3) is 17.1 Å². The third-order valence-corrected chi connectivity index (χ3v) is 2.32. The van der Waals surface area contributed by atoms with Gasteiger partial charge in [-0.3, -0.25) is 4.79 Å². The van der Waals surface area contributed by atoms with E-state index >= 15 is 0 Å². The minimum absolute atomic E-state index is 0.271. The SMILES string of the molecule is [C-]#[N+]C(C#N)=C1/C(=C(/C#N)[N+]#[C-])C(=O)/C1=C(\C#N)[N+]#[C-]. The second kappa shape index (κ2) is 5.44. The third kappa shape index (κ3) is 1.77. The lowest BCUT2D eigenvalue weighted by Crippen LogP contribution is -2.26. The number of carbonyl (C=O) groups is 1. The fraction of sp³-hybridized carbons (Fsp3) is 0. The second-order valence-electron chi connectivity index (χ2n) is 3.17. The van der Waals surface area contributed by atoms with E-state index in [-0.39, 0.29) is 16.7 Å². The lowest BCUT2D eigenvalue weighted by molar-refractivity contribution is -0.113. The quantitative estimate of drug-likeness (QED) is 0.373. The molecule has 1 saturated carbocycles. The van der Waals surface area contributed by atoms with Gasteiger partial charge < -0.3 is 0 Å². The maximum atomic E-state index is 11.9. The molecule has 88 valence electrons. The molecule has 0 aliphatic heterocycles. The molecule has 0 heterocycles. The first kappa shape index (κ1) is 13.9. The van der Waals surface area contributed by atoms with Gasteiger partial charge >= 0.3 is 0 Å². The van der Waals surface area contributed by atoms with Crippen molar-refractivity contribution in [3.63, 3.8) is 0 Å². The van der Waals surface area contributed by atoms with Gasteiger partial charge in [-0.1, -0.05) is 0 Å². The summed E-state index contributed by atoms with van der Waals surface area (Å²) < 4.78 is 0. The molecule has 7 nitrogen and oxygen atoms in total. The topological polar surface area (TPSA) is 102 Å². The Balaban J connectivity index is 3.91. The van der Waals surface area contributed by atoms with Crippen molar-refractivity contribution in [2.45, 2.75) is 0 Å². The van der Waals surface area contributed by atoms with Crippen LogP contribution in [0.5, 0.6) is 0 Å². The van der Waals surface area contributed by atoms with Crippen LogP contribution in [0.15, 0.2) is 33.8 Å². The van der Waals surface area contributed by atoms with Gasteiger partial charge in [0, 0.05) is 11.1 Å². The zero-order valence-electron chi connectivity index (χ0n) is 9.59. The summed E-state index contributed by atoms with van der Waals surface area (Å²) in [5.74, 6) is -0.850. The Morgan fingerprint density at radius 3 is 1.30 bits per heavy atom. The van der Waals surface area contributed by atoms with Crippen molar-refractivity contribution in [3.8, 4) is 18.2 Å². The fourth-order valence-corrected chi connectivity index (χ4v) is 1.51. The molecule has 1 rings (SSSR count). The van der Waals surface area contributed by atoms with E-state index < -0.39 is 22.9 Å². The van der Waals surface area contributed by atoms with Crippen LogP contribution < -0.4 is 0 Å². The molecule has 0 atom stereocenters. The lowest BCUT2D eigenvalue weighted by atomic mass is 9.75. The first-order chi connectivity index (χ1) is 9.60. The molecule has 0 saturated heterocycles. The summed E-state index contributed by atoms with van der Waals surface area (Å²) in [5, 5.41) is 26.4.